The summed E-state index contributed by atoms with van der Waals surface area (Å²) < 4.78 is 0. The third-order valence-corrected chi connectivity index (χ3v) is 6.62. The Bertz CT molecular complexity index is 434. The number of aliphatic carboxylic acids is 1. The number of carboxylic acids is 1. The maximum atomic E-state index is 12.1. The highest BCUT2D eigenvalue weighted by molar-refractivity contribution is 5.75. The van der Waals surface area contributed by atoms with E-state index in [1.165, 1.54) is 25.9 Å². The Morgan fingerprint density at radius 1 is 1.05 bits per heavy atom. The third kappa shape index (κ3) is 2.88. The van der Waals surface area contributed by atoms with E-state index in [0.29, 0.717) is 6.04 Å². The Morgan fingerprint density at radius 2 is 1.64 bits per heavy atom. The predicted octanol–water partition coefficient (Wildman–Crippen LogP) is 3.43. The van der Waals surface area contributed by atoms with E-state index in [0.717, 1.165) is 51.4 Å². The number of hydrogen-bond acceptors (Lipinski definition) is 3. The molecule has 0 atom stereocenters. The van der Waals surface area contributed by atoms with Crippen LogP contribution in [-0.2, 0) is 4.79 Å². The summed E-state index contributed by atoms with van der Waals surface area (Å²) in [7, 11) is 0. The van der Waals surface area contributed by atoms with Gasteiger partial charge in [0.2, 0.25) is 0 Å². The number of hydrogen-bond donors (Lipinski definition) is 1. The first kappa shape index (κ1) is 15.8. The molecule has 0 amide bonds. The highest BCUT2D eigenvalue weighted by atomic mass is 16.4. The van der Waals surface area contributed by atoms with Crippen LogP contribution < -0.4 is 0 Å². The fraction of sp³-hybridized carbons (Fsp3) is 0.889. The van der Waals surface area contributed by atoms with Crippen LogP contribution >= 0.6 is 0 Å². The predicted molar refractivity (Wildman–Crippen MR) is 84.2 cm³/mol. The van der Waals surface area contributed by atoms with E-state index >= 15 is 0 Å². The second-order valence-electron chi connectivity index (χ2n) is 7.61. The molecular weight excluding hydrogens is 276 g/mol. The third-order valence-electron chi connectivity index (χ3n) is 6.62. The van der Waals surface area contributed by atoms with Crippen molar-refractivity contribution in [3.8, 4) is 6.07 Å². The zero-order chi connectivity index (χ0) is 15.6. The first-order valence-corrected chi connectivity index (χ1v) is 9.03. The van der Waals surface area contributed by atoms with Crippen molar-refractivity contribution in [2.45, 2.75) is 70.3 Å². The van der Waals surface area contributed by atoms with Crippen LogP contribution in [0.3, 0.4) is 0 Å². The molecule has 0 spiro atoms. The number of likely N-dealkylation sites (tertiary alicyclic amines) is 1. The van der Waals surface area contributed by atoms with Crippen LogP contribution in [0.1, 0.15) is 64.2 Å². The van der Waals surface area contributed by atoms with Crippen LogP contribution in [0.5, 0.6) is 0 Å². The molecule has 3 fully saturated rings. The minimum Gasteiger partial charge on any atom is -0.481 e. The van der Waals surface area contributed by atoms with Gasteiger partial charge in [-0.2, -0.15) is 5.26 Å². The Balaban J connectivity index is 1.64. The van der Waals surface area contributed by atoms with Crippen molar-refractivity contribution >= 4 is 5.97 Å². The molecule has 1 saturated heterocycles. The van der Waals surface area contributed by atoms with Crippen LogP contribution in [0.15, 0.2) is 0 Å². The molecule has 1 heterocycles. The molecule has 4 nitrogen and oxygen atoms in total. The molecule has 0 aromatic carbocycles. The molecule has 0 aromatic rings. The number of rotatable bonds is 3. The average molecular weight is 304 g/mol. The van der Waals surface area contributed by atoms with Crippen molar-refractivity contribution in [2.24, 2.45) is 17.3 Å². The van der Waals surface area contributed by atoms with E-state index in [-0.39, 0.29) is 11.8 Å². The zero-order valence-electron chi connectivity index (χ0n) is 13.5. The van der Waals surface area contributed by atoms with Gasteiger partial charge >= 0.3 is 5.97 Å². The first-order valence-electron chi connectivity index (χ1n) is 9.03. The number of carbonyl (C=O) groups is 1. The second-order valence-corrected chi connectivity index (χ2v) is 7.61. The van der Waals surface area contributed by atoms with Gasteiger partial charge < -0.3 is 10.0 Å². The number of nitrogens with zero attached hydrogens (tertiary/aromatic N) is 2. The van der Waals surface area contributed by atoms with E-state index in [4.69, 9.17) is 5.26 Å². The number of nitriles is 1. The largest absolute Gasteiger partial charge is 0.481 e. The summed E-state index contributed by atoms with van der Waals surface area (Å²) in [5.74, 6) is -0.134. The minimum atomic E-state index is -0.576. The lowest BCUT2D eigenvalue weighted by molar-refractivity contribution is -0.157. The van der Waals surface area contributed by atoms with Crippen LogP contribution in [0.2, 0.25) is 0 Å². The standard InChI is InChI=1S/C18H28N2O2/c19-13-14-3-5-15(6-4-14)18(17(21)22)9-7-16(8-10-18)20-11-1-2-12-20/h14-16H,1-12H2,(H,21,22). The molecule has 0 bridgehead atoms. The highest BCUT2D eigenvalue weighted by Crippen LogP contribution is 2.50. The van der Waals surface area contributed by atoms with Crippen LogP contribution in [-0.4, -0.2) is 35.1 Å². The van der Waals surface area contributed by atoms with E-state index in [1.54, 1.807) is 0 Å². The molecule has 0 unspecified atom stereocenters. The van der Waals surface area contributed by atoms with Crippen molar-refractivity contribution in [3.05, 3.63) is 0 Å². The van der Waals surface area contributed by atoms with Gasteiger partial charge in [0.1, 0.15) is 0 Å². The lowest BCUT2D eigenvalue weighted by atomic mass is 9.60. The summed E-state index contributed by atoms with van der Waals surface area (Å²) >= 11 is 0. The molecule has 1 aliphatic heterocycles. The Labute approximate surface area is 133 Å². The Kier molecular flexibility index (Phi) is 4.73. The molecule has 3 aliphatic rings. The molecular formula is C18H28N2O2. The topological polar surface area (TPSA) is 64.3 Å². The van der Waals surface area contributed by atoms with Gasteiger partial charge in [0.05, 0.1) is 11.5 Å². The van der Waals surface area contributed by atoms with E-state index in [1.807, 2.05) is 0 Å². The summed E-state index contributed by atoms with van der Waals surface area (Å²) in [5, 5.41) is 19.0. The second kappa shape index (κ2) is 6.58. The molecule has 3 rings (SSSR count). The van der Waals surface area contributed by atoms with Crippen LogP contribution in [0.4, 0.5) is 0 Å². The fourth-order valence-electron chi connectivity index (χ4n) is 5.16. The summed E-state index contributed by atoms with van der Waals surface area (Å²) in [4.78, 5) is 14.7. The van der Waals surface area contributed by atoms with E-state index < -0.39 is 11.4 Å². The quantitative estimate of drug-likeness (QED) is 0.867. The van der Waals surface area contributed by atoms with Crippen molar-refractivity contribution in [2.75, 3.05) is 13.1 Å². The molecule has 4 heteroatoms. The maximum absolute atomic E-state index is 12.1. The lowest BCUT2D eigenvalue weighted by Crippen LogP contribution is -2.47. The van der Waals surface area contributed by atoms with Crippen molar-refractivity contribution in [3.63, 3.8) is 0 Å². The van der Waals surface area contributed by atoms with E-state index in [9.17, 15) is 9.90 Å². The molecule has 2 saturated carbocycles. The lowest BCUT2D eigenvalue weighted by Gasteiger charge is -2.46. The highest BCUT2D eigenvalue weighted by Gasteiger charge is 2.49. The zero-order valence-corrected chi connectivity index (χ0v) is 13.5. The average Bonchev–Trinajstić information content (AvgIpc) is 3.09. The molecule has 2 aliphatic carbocycles. The molecule has 22 heavy (non-hydrogen) atoms. The normalized spacial score (nSPS) is 40.2. The molecule has 122 valence electrons. The maximum Gasteiger partial charge on any atom is 0.309 e. The summed E-state index contributed by atoms with van der Waals surface area (Å²) in [6, 6.07) is 2.98. The Morgan fingerprint density at radius 3 is 2.14 bits per heavy atom. The van der Waals surface area contributed by atoms with Gasteiger partial charge in [0.15, 0.2) is 0 Å². The molecule has 0 aromatic heterocycles. The van der Waals surface area contributed by atoms with E-state index in [2.05, 4.69) is 11.0 Å². The molecule has 0 radical (unpaired) electrons. The van der Waals surface area contributed by atoms with Crippen molar-refractivity contribution < 1.29 is 9.90 Å². The van der Waals surface area contributed by atoms with Gasteiger partial charge in [-0.3, -0.25) is 4.79 Å². The van der Waals surface area contributed by atoms with Gasteiger partial charge in [0, 0.05) is 12.0 Å². The summed E-state index contributed by atoms with van der Waals surface area (Å²) in [5.41, 5.74) is -0.503. The molecule has 1 N–H and O–H groups in total. The van der Waals surface area contributed by atoms with Gasteiger partial charge in [-0.1, -0.05) is 0 Å². The van der Waals surface area contributed by atoms with Crippen LogP contribution in [0, 0.1) is 28.6 Å². The van der Waals surface area contributed by atoms with Gasteiger partial charge in [-0.15, -0.1) is 0 Å². The van der Waals surface area contributed by atoms with Gasteiger partial charge in [-0.25, -0.2) is 0 Å². The smallest absolute Gasteiger partial charge is 0.309 e. The SMILES string of the molecule is N#CC1CCC(C2(C(=O)O)CCC(N3CCCC3)CC2)CC1. The summed E-state index contributed by atoms with van der Waals surface area (Å²) in [6.07, 6.45) is 10.0. The van der Waals surface area contributed by atoms with Crippen LogP contribution in [0.25, 0.3) is 0 Å². The first-order chi connectivity index (χ1) is 10.7. The van der Waals surface area contributed by atoms with Gasteiger partial charge in [-0.05, 0) is 83.2 Å². The van der Waals surface area contributed by atoms with Gasteiger partial charge in [0.25, 0.3) is 0 Å². The Hall–Kier alpha value is -1.08. The minimum absolute atomic E-state index is 0.156. The monoisotopic (exact) mass is 304 g/mol. The van der Waals surface area contributed by atoms with Crippen molar-refractivity contribution in [1.29, 1.82) is 5.26 Å². The summed E-state index contributed by atoms with van der Waals surface area (Å²) in [6.45, 7) is 2.41. The van der Waals surface area contributed by atoms with Crippen molar-refractivity contribution in [1.82, 2.24) is 4.90 Å². The fourth-order valence-corrected chi connectivity index (χ4v) is 5.16. The number of carboxylic acid groups (broad SMARTS) is 1.